The Labute approximate surface area is 200 Å². The molecular weight excluding hydrogens is 459 g/mol. The monoisotopic (exact) mass is 482 g/mol. The number of aromatic nitrogens is 1. The van der Waals surface area contributed by atoms with E-state index in [0.717, 1.165) is 15.2 Å². The number of thioether (sulfide) groups is 1. The third-order valence-electron chi connectivity index (χ3n) is 5.01. The maximum Gasteiger partial charge on any atom is 0.229 e. The number of hydrogen-bond donors (Lipinski definition) is 0. The number of benzene rings is 3. The molecule has 170 valence electrons. The van der Waals surface area contributed by atoms with E-state index in [1.807, 2.05) is 42.5 Å². The van der Waals surface area contributed by atoms with Crippen molar-refractivity contribution in [3.05, 3.63) is 78.1 Å². The van der Waals surface area contributed by atoms with E-state index in [2.05, 4.69) is 0 Å². The molecule has 0 fully saturated rings. The molecule has 0 unspecified atom stereocenters. The van der Waals surface area contributed by atoms with Crippen molar-refractivity contribution in [2.75, 3.05) is 24.9 Å². The molecular formula is C25H23FN2O3S2. The van der Waals surface area contributed by atoms with Crippen molar-refractivity contribution in [3.63, 3.8) is 0 Å². The standard InChI is InChI=1S/C25H23FN2O3S2/c1-30-20-12-13-21(31-2)24-23(20)27-25(33-24)28(16-17-6-4-3-5-7-17)22(29)14-15-32-19-10-8-18(26)9-11-19/h3-13H,14-16H2,1-2H3. The van der Waals surface area contributed by atoms with Gasteiger partial charge in [0.25, 0.3) is 0 Å². The van der Waals surface area contributed by atoms with Gasteiger partial charge in [-0.15, -0.1) is 11.8 Å². The molecule has 33 heavy (non-hydrogen) atoms. The van der Waals surface area contributed by atoms with Crippen LogP contribution in [-0.4, -0.2) is 30.9 Å². The lowest BCUT2D eigenvalue weighted by molar-refractivity contribution is -0.118. The number of carbonyl (C=O) groups excluding carboxylic acids is 1. The molecule has 0 aliphatic heterocycles. The minimum atomic E-state index is -0.272. The van der Waals surface area contributed by atoms with Gasteiger partial charge in [-0.25, -0.2) is 9.37 Å². The van der Waals surface area contributed by atoms with Gasteiger partial charge in [0.15, 0.2) is 5.13 Å². The second-order valence-corrected chi connectivity index (χ2v) is 9.31. The number of hydrogen-bond acceptors (Lipinski definition) is 6. The number of methoxy groups -OCH3 is 2. The predicted octanol–water partition coefficient (Wildman–Crippen LogP) is 6.17. The zero-order chi connectivity index (χ0) is 23.2. The fourth-order valence-electron chi connectivity index (χ4n) is 3.34. The Morgan fingerprint density at radius 1 is 1.00 bits per heavy atom. The molecule has 0 radical (unpaired) electrons. The smallest absolute Gasteiger partial charge is 0.229 e. The largest absolute Gasteiger partial charge is 0.495 e. The fourth-order valence-corrected chi connectivity index (χ4v) is 5.27. The van der Waals surface area contributed by atoms with E-state index in [4.69, 9.17) is 14.5 Å². The lowest BCUT2D eigenvalue weighted by Crippen LogP contribution is -2.30. The van der Waals surface area contributed by atoms with Crippen LogP contribution in [0.25, 0.3) is 10.2 Å². The van der Waals surface area contributed by atoms with E-state index >= 15 is 0 Å². The molecule has 0 saturated heterocycles. The highest BCUT2D eigenvalue weighted by Gasteiger charge is 2.22. The molecule has 1 aromatic heterocycles. The molecule has 4 rings (SSSR count). The fraction of sp³-hybridized carbons (Fsp3) is 0.200. The summed E-state index contributed by atoms with van der Waals surface area (Å²) < 4.78 is 25.0. The van der Waals surface area contributed by atoms with Crippen molar-refractivity contribution < 1.29 is 18.7 Å². The number of anilines is 1. The van der Waals surface area contributed by atoms with Crippen LogP contribution in [-0.2, 0) is 11.3 Å². The molecule has 4 aromatic rings. The Hall–Kier alpha value is -3.10. The molecule has 5 nitrogen and oxygen atoms in total. The third-order valence-corrected chi connectivity index (χ3v) is 7.12. The third kappa shape index (κ3) is 5.46. The summed E-state index contributed by atoms with van der Waals surface area (Å²) in [6.45, 7) is 0.408. The normalized spacial score (nSPS) is 10.9. The average Bonchev–Trinajstić information content (AvgIpc) is 3.29. The first-order chi connectivity index (χ1) is 16.1. The van der Waals surface area contributed by atoms with E-state index in [1.54, 1.807) is 31.3 Å². The first-order valence-corrected chi connectivity index (χ1v) is 12.1. The number of halogens is 1. The molecule has 8 heteroatoms. The molecule has 0 N–H and O–H groups in total. The lowest BCUT2D eigenvalue weighted by Gasteiger charge is -2.20. The second kappa shape index (κ2) is 10.7. The van der Waals surface area contributed by atoms with Gasteiger partial charge < -0.3 is 9.47 Å². The zero-order valence-electron chi connectivity index (χ0n) is 18.3. The van der Waals surface area contributed by atoms with Crippen LogP contribution in [0.5, 0.6) is 11.5 Å². The van der Waals surface area contributed by atoms with E-state index in [9.17, 15) is 9.18 Å². The van der Waals surface area contributed by atoms with Gasteiger partial charge in [-0.05, 0) is 42.0 Å². The van der Waals surface area contributed by atoms with Crippen LogP contribution in [0, 0.1) is 5.82 Å². The van der Waals surface area contributed by atoms with Crippen LogP contribution in [0.2, 0.25) is 0 Å². The van der Waals surface area contributed by atoms with Gasteiger partial charge in [0.1, 0.15) is 27.5 Å². The first-order valence-electron chi connectivity index (χ1n) is 10.3. The summed E-state index contributed by atoms with van der Waals surface area (Å²) in [5.41, 5.74) is 1.68. The highest BCUT2D eigenvalue weighted by Crippen LogP contribution is 2.40. The van der Waals surface area contributed by atoms with Crippen LogP contribution in [0.4, 0.5) is 9.52 Å². The van der Waals surface area contributed by atoms with Gasteiger partial charge in [0.2, 0.25) is 5.91 Å². The molecule has 1 amide bonds. The van der Waals surface area contributed by atoms with Crippen molar-refractivity contribution in [1.29, 1.82) is 0 Å². The van der Waals surface area contributed by atoms with Gasteiger partial charge >= 0.3 is 0 Å². The molecule has 3 aromatic carbocycles. The van der Waals surface area contributed by atoms with Crippen molar-refractivity contribution in [3.8, 4) is 11.5 Å². The number of thiazole rings is 1. The van der Waals surface area contributed by atoms with Gasteiger partial charge in [-0.3, -0.25) is 9.69 Å². The summed E-state index contributed by atoms with van der Waals surface area (Å²) in [6, 6.07) is 19.8. The minimum Gasteiger partial charge on any atom is -0.495 e. The van der Waals surface area contributed by atoms with E-state index in [-0.39, 0.29) is 11.7 Å². The van der Waals surface area contributed by atoms with Crippen molar-refractivity contribution in [2.45, 2.75) is 17.9 Å². The Morgan fingerprint density at radius 2 is 1.70 bits per heavy atom. The Balaban J connectivity index is 1.60. The number of fused-ring (bicyclic) bond motifs is 1. The Bertz CT molecular complexity index is 1190. The molecule has 1 heterocycles. The van der Waals surface area contributed by atoms with E-state index in [1.165, 1.54) is 35.2 Å². The van der Waals surface area contributed by atoms with Crippen LogP contribution in [0.1, 0.15) is 12.0 Å². The summed E-state index contributed by atoms with van der Waals surface area (Å²) in [6.07, 6.45) is 0.319. The van der Waals surface area contributed by atoms with Crippen LogP contribution in [0.15, 0.2) is 71.6 Å². The first kappa shape index (κ1) is 23.1. The zero-order valence-corrected chi connectivity index (χ0v) is 19.9. The van der Waals surface area contributed by atoms with Crippen LogP contribution >= 0.6 is 23.1 Å². The SMILES string of the molecule is COc1ccc(OC)c2sc(N(Cc3ccccc3)C(=O)CCSc3ccc(F)cc3)nc12. The highest BCUT2D eigenvalue weighted by atomic mass is 32.2. The minimum absolute atomic E-state index is 0.0366. The number of carbonyl (C=O) groups is 1. The van der Waals surface area contributed by atoms with Crippen LogP contribution in [0.3, 0.4) is 0 Å². The molecule has 0 bridgehead atoms. The van der Waals surface area contributed by atoms with Crippen LogP contribution < -0.4 is 14.4 Å². The quantitative estimate of drug-likeness (QED) is 0.267. The van der Waals surface area contributed by atoms with Gasteiger partial charge in [-0.1, -0.05) is 41.7 Å². The van der Waals surface area contributed by atoms with Crippen molar-refractivity contribution in [2.24, 2.45) is 0 Å². The molecule has 0 aliphatic rings. The average molecular weight is 483 g/mol. The number of amides is 1. The predicted molar refractivity (Wildman–Crippen MR) is 132 cm³/mol. The van der Waals surface area contributed by atoms with Gasteiger partial charge in [0, 0.05) is 17.1 Å². The van der Waals surface area contributed by atoms with E-state index < -0.39 is 0 Å². The molecule has 0 aliphatic carbocycles. The topological polar surface area (TPSA) is 51.7 Å². The molecule has 0 atom stereocenters. The molecule has 0 spiro atoms. The van der Waals surface area contributed by atoms with Gasteiger partial charge in [0.05, 0.1) is 20.8 Å². The maximum atomic E-state index is 13.3. The van der Waals surface area contributed by atoms with E-state index in [0.29, 0.717) is 40.9 Å². The number of rotatable bonds is 9. The summed E-state index contributed by atoms with van der Waals surface area (Å²) in [4.78, 5) is 20.7. The number of ether oxygens (including phenoxy) is 2. The second-order valence-electron chi connectivity index (χ2n) is 7.16. The number of nitrogens with zero attached hydrogens (tertiary/aromatic N) is 2. The summed E-state index contributed by atoms with van der Waals surface area (Å²) in [7, 11) is 3.21. The summed E-state index contributed by atoms with van der Waals surface area (Å²) in [5, 5.41) is 0.591. The highest BCUT2D eigenvalue weighted by molar-refractivity contribution is 7.99. The Morgan fingerprint density at radius 3 is 2.39 bits per heavy atom. The van der Waals surface area contributed by atoms with Crippen molar-refractivity contribution >= 4 is 44.4 Å². The molecule has 0 saturated carbocycles. The maximum absolute atomic E-state index is 13.3. The van der Waals surface area contributed by atoms with Crippen molar-refractivity contribution in [1.82, 2.24) is 4.98 Å². The summed E-state index contributed by atoms with van der Waals surface area (Å²) in [5.74, 6) is 1.59. The Kier molecular flexibility index (Phi) is 7.47. The lowest BCUT2D eigenvalue weighted by atomic mass is 10.2. The van der Waals surface area contributed by atoms with Gasteiger partial charge in [-0.2, -0.15) is 0 Å². The summed E-state index contributed by atoms with van der Waals surface area (Å²) >= 11 is 2.93.